The van der Waals surface area contributed by atoms with E-state index in [1.807, 2.05) is 21.9 Å². The number of morpholine rings is 1. The second kappa shape index (κ2) is 9.89. The minimum Gasteiger partial charge on any atom is -0.379 e. The van der Waals surface area contributed by atoms with Crippen LogP contribution >= 0.6 is 0 Å². The normalized spacial score (nSPS) is 23.1. The van der Waals surface area contributed by atoms with Crippen molar-refractivity contribution in [3.63, 3.8) is 0 Å². The molecule has 1 unspecified atom stereocenters. The van der Waals surface area contributed by atoms with Crippen LogP contribution in [0.3, 0.4) is 0 Å². The summed E-state index contributed by atoms with van der Waals surface area (Å²) in [7, 11) is 0. The lowest BCUT2D eigenvalue weighted by atomic mass is 9.96. The molecule has 33 heavy (non-hydrogen) atoms. The number of hydrogen-bond donors (Lipinski definition) is 1. The van der Waals surface area contributed by atoms with E-state index in [-0.39, 0.29) is 18.0 Å². The predicted octanol–water partition coefficient (Wildman–Crippen LogP) is 1.93. The number of fused-ring (bicyclic) bond motifs is 1. The number of dihydropyridines is 1. The second-order valence-corrected chi connectivity index (χ2v) is 9.00. The van der Waals surface area contributed by atoms with Crippen LogP contribution in [0.5, 0.6) is 0 Å². The van der Waals surface area contributed by atoms with E-state index in [0.717, 1.165) is 38.2 Å². The lowest BCUT2D eigenvalue weighted by Crippen LogP contribution is -2.46. The molecule has 0 bridgehead atoms. The molecule has 0 radical (unpaired) electrons. The number of aliphatic imine (C=N–C) groups is 1. The molecule has 8 heteroatoms. The van der Waals surface area contributed by atoms with Crippen LogP contribution in [-0.4, -0.2) is 84.8 Å². The zero-order chi connectivity index (χ0) is 22.6. The number of nitrogens with one attached hydrogen (secondary N) is 1. The Balaban J connectivity index is 1.08. The Morgan fingerprint density at radius 2 is 1.79 bits per heavy atom. The van der Waals surface area contributed by atoms with Crippen molar-refractivity contribution in [3.8, 4) is 0 Å². The van der Waals surface area contributed by atoms with Gasteiger partial charge >= 0.3 is 6.03 Å². The van der Waals surface area contributed by atoms with Gasteiger partial charge in [0.15, 0.2) is 0 Å². The topological polar surface area (TPSA) is 77.5 Å². The van der Waals surface area contributed by atoms with Gasteiger partial charge in [-0.05, 0) is 29.5 Å². The average Bonchev–Trinajstić information content (AvgIpc) is 3.30. The molecule has 3 amide bonds. The van der Waals surface area contributed by atoms with Crippen molar-refractivity contribution in [2.75, 3.05) is 45.9 Å². The molecule has 4 aliphatic rings. The van der Waals surface area contributed by atoms with Gasteiger partial charge in [0, 0.05) is 45.5 Å². The van der Waals surface area contributed by atoms with Gasteiger partial charge < -0.3 is 19.9 Å². The molecule has 1 N–H and O–H groups in total. The number of carbonyl (C=O) groups excluding carboxylic acids is 2. The van der Waals surface area contributed by atoms with Crippen molar-refractivity contribution in [2.24, 2.45) is 4.99 Å². The zero-order valence-corrected chi connectivity index (χ0v) is 18.9. The zero-order valence-electron chi connectivity index (χ0n) is 18.9. The Kier molecular flexibility index (Phi) is 6.55. The molecule has 8 nitrogen and oxygen atoms in total. The summed E-state index contributed by atoms with van der Waals surface area (Å²) in [5.74, 6) is 0.188. The summed E-state index contributed by atoms with van der Waals surface area (Å²) in [6.07, 6.45) is 7.58. The molecule has 1 saturated heterocycles. The molecule has 1 fully saturated rings. The highest BCUT2D eigenvalue weighted by atomic mass is 16.5. The summed E-state index contributed by atoms with van der Waals surface area (Å²) in [5, 5.41) is 2.99. The molecule has 4 aliphatic heterocycles. The van der Waals surface area contributed by atoms with E-state index in [1.54, 1.807) is 6.21 Å². The molecule has 4 heterocycles. The van der Waals surface area contributed by atoms with Gasteiger partial charge in [0.05, 0.1) is 31.5 Å². The SMILES string of the molecule is O=C(CN1CCOCC1)N1CC=C(C2CC=C(NC(=O)N3Cc4ccccc4C3)C=N2)CC1. The number of allylic oxidation sites excluding steroid dienone is 1. The van der Waals surface area contributed by atoms with Crippen molar-refractivity contribution >= 4 is 18.2 Å². The van der Waals surface area contributed by atoms with Crippen molar-refractivity contribution in [1.82, 2.24) is 20.0 Å². The summed E-state index contributed by atoms with van der Waals surface area (Å²) < 4.78 is 5.36. The summed E-state index contributed by atoms with van der Waals surface area (Å²) in [4.78, 5) is 35.9. The number of nitrogens with zero attached hydrogens (tertiary/aromatic N) is 4. The molecule has 5 rings (SSSR count). The predicted molar refractivity (Wildman–Crippen MR) is 126 cm³/mol. The molecule has 0 aromatic heterocycles. The standard InChI is InChI=1S/C25H31N5O3/c31-24(18-28-11-13-33-14-12-28)29-9-7-19(8-10-29)23-6-5-22(15-26-23)27-25(32)30-16-20-3-1-2-4-21(20)17-30/h1-5,7,15,23H,6,8-14,16-18H2,(H,27,32). The number of urea groups is 1. The van der Waals surface area contributed by atoms with Gasteiger partial charge in [0.25, 0.3) is 0 Å². The van der Waals surface area contributed by atoms with E-state index in [0.29, 0.717) is 39.4 Å². The van der Waals surface area contributed by atoms with Crippen LogP contribution in [0.25, 0.3) is 0 Å². The van der Waals surface area contributed by atoms with Crippen LogP contribution < -0.4 is 5.32 Å². The molecule has 1 aromatic rings. The van der Waals surface area contributed by atoms with E-state index in [1.165, 1.54) is 16.7 Å². The smallest absolute Gasteiger partial charge is 0.322 e. The maximum absolute atomic E-state index is 12.7. The summed E-state index contributed by atoms with van der Waals surface area (Å²) in [5.41, 5.74) is 4.45. The maximum Gasteiger partial charge on any atom is 0.322 e. The van der Waals surface area contributed by atoms with Crippen LogP contribution in [0.2, 0.25) is 0 Å². The fourth-order valence-electron chi connectivity index (χ4n) is 4.80. The van der Waals surface area contributed by atoms with Crippen molar-refractivity contribution in [1.29, 1.82) is 0 Å². The minimum atomic E-state index is -0.0892. The van der Waals surface area contributed by atoms with Crippen molar-refractivity contribution in [2.45, 2.75) is 32.0 Å². The molecule has 0 aliphatic carbocycles. The number of hydrogen-bond acceptors (Lipinski definition) is 5. The number of benzene rings is 1. The first-order valence-corrected chi connectivity index (χ1v) is 11.8. The number of ether oxygens (including phenoxy) is 1. The fourth-order valence-corrected chi connectivity index (χ4v) is 4.80. The molecular weight excluding hydrogens is 418 g/mol. The van der Waals surface area contributed by atoms with Gasteiger partial charge in [-0.15, -0.1) is 0 Å². The minimum absolute atomic E-state index is 0.0892. The van der Waals surface area contributed by atoms with Gasteiger partial charge in [-0.1, -0.05) is 36.4 Å². The first-order valence-electron chi connectivity index (χ1n) is 11.8. The Bertz CT molecular complexity index is 971. The lowest BCUT2D eigenvalue weighted by Gasteiger charge is -2.32. The highest BCUT2D eigenvalue weighted by Crippen LogP contribution is 2.24. The van der Waals surface area contributed by atoms with Gasteiger partial charge in [0.2, 0.25) is 5.91 Å². The highest BCUT2D eigenvalue weighted by Gasteiger charge is 2.26. The highest BCUT2D eigenvalue weighted by molar-refractivity contribution is 5.88. The Hall–Kier alpha value is -2.97. The van der Waals surface area contributed by atoms with Gasteiger partial charge in [-0.3, -0.25) is 14.7 Å². The quantitative estimate of drug-likeness (QED) is 0.713. The number of amides is 3. The van der Waals surface area contributed by atoms with Crippen molar-refractivity contribution in [3.05, 3.63) is 58.8 Å². The van der Waals surface area contributed by atoms with Crippen LogP contribution in [0.15, 0.2) is 52.7 Å². The first-order chi connectivity index (χ1) is 16.2. The molecule has 174 valence electrons. The fraction of sp³-hybridized carbons (Fsp3) is 0.480. The van der Waals surface area contributed by atoms with Gasteiger partial charge in [-0.25, -0.2) is 4.79 Å². The van der Waals surface area contributed by atoms with Crippen LogP contribution in [0, 0.1) is 0 Å². The molecule has 0 spiro atoms. The summed E-state index contributed by atoms with van der Waals surface area (Å²) in [6.45, 7) is 6.21. The van der Waals surface area contributed by atoms with Gasteiger partial charge in [0.1, 0.15) is 0 Å². The monoisotopic (exact) mass is 449 g/mol. The Labute approximate surface area is 194 Å². The Morgan fingerprint density at radius 3 is 2.42 bits per heavy atom. The molecule has 0 saturated carbocycles. The largest absolute Gasteiger partial charge is 0.379 e. The molecule has 1 aromatic carbocycles. The van der Waals surface area contributed by atoms with Gasteiger partial charge in [-0.2, -0.15) is 0 Å². The summed E-state index contributed by atoms with van der Waals surface area (Å²) in [6, 6.07) is 8.17. The third kappa shape index (κ3) is 5.17. The number of carbonyl (C=O) groups is 2. The van der Waals surface area contributed by atoms with Crippen LogP contribution in [0.4, 0.5) is 4.79 Å². The van der Waals surface area contributed by atoms with E-state index in [2.05, 4.69) is 34.5 Å². The van der Waals surface area contributed by atoms with Crippen LogP contribution in [0.1, 0.15) is 24.0 Å². The lowest BCUT2D eigenvalue weighted by molar-refractivity contribution is -0.133. The average molecular weight is 450 g/mol. The third-order valence-corrected chi connectivity index (χ3v) is 6.82. The molecular formula is C25H31N5O3. The molecule has 1 atom stereocenters. The van der Waals surface area contributed by atoms with Crippen LogP contribution in [-0.2, 0) is 22.6 Å². The maximum atomic E-state index is 12.7. The second-order valence-electron chi connectivity index (χ2n) is 9.00. The van der Waals surface area contributed by atoms with Crippen molar-refractivity contribution < 1.29 is 14.3 Å². The van der Waals surface area contributed by atoms with E-state index < -0.39 is 0 Å². The Morgan fingerprint density at radius 1 is 1.03 bits per heavy atom. The van der Waals surface area contributed by atoms with E-state index in [4.69, 9.17) is 9.73 Å². The number of rotatable bonds is 4. The third-order valence-electron chi connectivity index (χ3n) is 6.82. The summed E-state index contributed by atoms with van der Waals surface area (Å²) >= 11 is 0. The first kappa shape index (κ1) is 21.9. The van der Waals surface area contributed by atoms with E-state index >= 15 is 0 Å². The van der Waals surface area contributed by atoms with E-state index in [9.17, 15) is 9.59 Å².